The first-order valence-corrected chi connectivity index (χ1v) is 7.32. The molecule has 0 aromatic carbocycles. The molecule has 10 nitrogen and oxygen atoms in total. The molecule has 0 aliphatic heterocycles. The Morgan fingerprint density at radius 2 is 1.50 bits per heavy atom. The molecule has 24 heavy (non-hydrogen) atoms. The Hall–Kier alpha value is -2.36. The predicted octanol–water partition coefficient (Wildman–Crippen LogP) is -1.71. The highest BCUT2D eigenvalue weighted by Crippen LogP contribution is 2.02. The number of primary amides is 2. The molecule has 138 valence electrons. The largest absolute Gasteiger partial charge is 0.453 e. The van der Waals surface area contributed by atoms with Gasteiger partial charge in [0.2, 0.25) is 17.7 Å². The fraction of sp³-hybridized carbons (Fsp3) is 0.714. The number of ether oxygens (including phenoxy) is 1. The predicted molar refractivity (Wildman–Crippen MR) is 86.7 cm³/mol. The molecule has 0 aliphatic carbocycles. The summed E-state index contributed by atoms with van der Waals surface area (Å²) in [6.07, 6.45) is -0.722. The summed E-state index contributed by atoms with van der Waals surface area (Å²) >= 11 is 0. The van der Waals surface area contributed by atoms with Crippen LogP contribution in [0, 0.1) is 0 Å². The molecule has 0 aromatic rings. The first-order chi connectivity index (χ1) is 10.8. The summed E-state index contributed by atoms with van der Waals surface area (Å²) < 4.78 is 4.62. The van der Waals surface area contributed by atoms with Crippen molar-refractivity contribution in [2.75, 3.05) is 26.7 Å². The highest BCUT2D eigenvalue weighted by atomic mass is 16.5. The average Bonchev–Trinajstić information content (AvgIpc) is 2.44. The SMILES string of the molecule is COC(=O)N(CCNC(C)(C)C(N)=O)CC(=O)NC(C)(C)C(N)=O. The zero-order chi connectivity index (χ0) is 19.1. The maximum absolute atomic E-state index is 12.0. The number of methoxy groups -OCH3 is 1. The number of nitrogens with two attached hydrogens (primary N) is 2. The molecule has 0 saturated carbocycles. The Morgan fingerprint density at radius 3 is 1.92 bits per heavy atom. The Morgan fingerprint density at radius 1 is 1.00 bits per heavy atom. The van der Waals surface area contributed by atoms with Gasteiger partial charge < -0.3 is 26.8 Å². The molecule has 0 unspecified atom stereocenters. The summed E-state index contributed by atoms with van der Waals surface area (Å²) in [5.74, 6) is -1.82. The van der Waals surface area contributed by atoms with Crippen molar-refractivity contribution in [1.82, 2.24) is 15.5 Å². The van der Waals surface area contributed by atoms with E-state index in [1.54, 1.807) is 13.8 Å². The van der Waals surface area contributed by atoms with Crippen LogP contribution in [0.1, 0.15) is 27.7 Å². The normalized spacial score (nSPS) is 11.5. The highest BCUT2D eigenvalue weighted by Gasteiger charge is 2.29. The zero-order valence-electron chi connectivity index (χ0n) is 14.8. The van der Waals surface area contributed by atoms with Gasteiger partial charge in [0.15, 0.2) is 0 Å². The van der Waals surface area contributed by atoms with E-state index in [0.717, 1.165) is 4.90 Å². The first-order valence-electron chi connectivity index (χ1n) is 7.32. The smallest absolute Gasteiger partial charge is 0.409 e. The van der Waals surface area contributed by atoms with E-state index in [0.29, 0.717) is 0 Å². The lowest BCUT2D eigenvalue weighted by atomic mass is 10.1. The molecule has 0 aromatic heterocycles. The van der Waals surface area contributed by atoms with Crippen molar-refractivity contribution in [3.05, 3.63) is 0 Å². The van der Waals surface area contributed by atoms with Crippen LogP contribution in [0.5, 0.6) is 0 Å². The second-order valence-corrected chi connectivity index (χ2v) is 6.35. The third-order valence-corrected chi connectivity index (χ3v) is 3.40. The van der Waals surface area contributed by atoms with E-state index < -0.39 is 34.9 Å². The van der Waals surface area contributed by atoms with Crippen molar-refractivity contribution in [3.63, 3.8) is 0 Å². The lowest BCUT2D eigenvalue weighted by Crippen LogP contribution is -2.56. The van der Waals surface area contributed by atoms with Crippen LogP contribution in [-0.4, -0.2) is 66.5 Å². The van der Waals surface area contributed by atoms with Crippen molar-refractivity contribution in [2.45, 2.75) is 38.8 Å². The molecule has 0 saturated heterocycles. The van der Waals surface area contributed by atoms with Crippen LogP contribution in [-0.2, 0) is 19.1 Å². The van der Waals surface area contributed by atoms with Gasteiger partial charge in [0, 0.05) is 13.1 Å². The Bertz CT molecular complexity index is 504. The van der Waals surface area contributed by atoms with Crippen LogP contribution in [0.3, 0.4) is 0 Å². The molecule has 0 aliphatic rings. The van der Waals surface area contributed by atoms with Gasteiger partial charge >= 0.3 is 6.09 Å². The molecule has 10 heteroatoms. The number of carbonyl (C=O) groups is 4. The lowest BCUT2D eigenvalue weighted by Gasteiger charge is -2.27. The standard InChI is InChI=1S/C14H27N5O5/c1-13(2,10(15)21)17-6-7-19(12(23)24-5)8-9(20)18-14(3,4)11(16)22/h17H,6-8H2,1-5H3,(H2,15,21)(H2,16,22)(H,18,20). The topological polar surface area (TPSA) is 157 Å². The van der Waals surface area contributed by atoms with E-state index in [9.17, 15) is 19.2 Å². The highest BCUT2D eigenvalue weighted by molar-refractivity contribution is 5.91. The van der Waals surface area contributed by atoms with E-state index in [1.165, 1.54) is 21.0 Å². The number of amides is 4. The molecular weight excluding hydrogens is 318 g/mol. The number of hydrogen-bond donors (Lipinski definition) is 4. The van der Waals surface area contributed by atoms with Gasteiger partial charge in [0.1, 0.15) is 12.1 Å². The quantitative estimate of drug-likeness (QED) is 0.389. The van der Waals surface area contributed by atoms with Crippen molar-refractivity contribution in [1.29, 1.82) is 0 Å². The van der Waals surface area contributed by atoms with E-state index in [2.05, 4.69) is 15.4 Å². The van der Waals surface area contributed by atoms with Crippen LogP contribution in [0.15, 0.2) is 0 Å². The van der Waals surface area contributed by atoms with Gasteiger partial charge in [-0.2, -0.15) is 0 Å². The van der Waals surface area contributed by atoms with Crippen LogP contribution in [0.2, 0.25) is 0 Å². The minimum absolute atomic E-state index is 0.0911. The molecule has 0 atom stereocenters. The van der Waals surface area contributed by atoms with Gasteiger partial charge in [-0.1, -0.05) is 0 Å². The third kappa shape index (κ3) is 6.82. The van der Waals surface area contributed by atoms with Crippen LogP contribution in [0.25, 0.3) is 0 Å². The van der Waals surface area contributed by atoms with Crippen molar-refractivity contribution in [3.8, 4) is 0 Å². The molecule has 4 amide bonds. The van der Waals surface area contributed by atoms with Crippen molar-refractivity contribution < 1.29 is 23.9 Å². The Balaban J connectivity index is 4.75. The monoisotopic (exact) mass is 345 g/mol. The zero-order valence-corrected chi connectivity index (χ0v) is 14.8. The maximum Gasteiger partial charge on any atom is 0.409 e. The van der Waals surface area contributed by atoms with Crippen molar-refractivity contribution in [2.24, 2.45) is 11.5 Å². The molecule has 0 spiro atoms. The summed E-state index contributed by atoms with van der Waals surface area (Å²) in [6, 6.07) is 0. The van der Waals surface area contributed by atoms with E-state index in [1.807, 2.05) is 0 Å². The molecular formula is C14H27N5O5. The molecule has 6 N–H and O–H groups in total. The third-order valence-electron chi connectivity index (χ3n) is 3.40. The summed E-state index contributed by atoms with van der Waals surface area (Å²) in [5, 5.41) is 5.31. The van der Waals surface area contributed by atoms with Gasteiger partial charge in [0.05, 0.1) is 12.6 Å². The fourth-order valence-electron chi connectivity index (χ4n) is 1.58. The van der Waals surface area contributed by atoms with Gasteiger partial charge in [-0.05, 0) is 27.7 Å². The second-order valence-electron chi connectivity index (χ2n) is 6.35. The van der Waals surface area contributed by atoms with Gasteiger partial charge in [-0.3, -0.25) is 19.3 Å². The molecule has 0 heterocycles. The minimum atomic E-state index is -1.24. The summed E-state index contributed by atoms with van der Waals surface area (Å²) in [7, 11) is 1.18. The Labute approximate surface area is 141 Å². The number of nitrogens with zero attached hydrogens (tertiary/aromatic N) is 1. The maximum atomic E-state index is 12.0. The number of carbonyl (C=O) groups excluding carboxylic acids is 4. The van der Waals surface area contributed by atoms with Gasteiger partial charge in [0.25, 0.3) is 0 Å². The number of hydrogen-bond acceptors (Lipinski definition) is 6. The summed E-state index contributed by atoms with van der Waals surface area (Å²) in [6.45, 7) is 6.06. The van der Waals surface area contributed by atoms with E-state index in [4.69, 9.17) is 11.5 Å². The van der Waals surface area contributed by atoms with Crippen LogP contribution >= 0.6 is 0 Å². The summed E-state index contributed by atoms with van der Waals surface area (Å²) in [4.78, 5) is 47.3. The molecule has 0 rings (SSSR count). The van der Waals surface area contributed by atoms with Crippen LogP contribution in [0.4, 0.5) is 4.79 Å². The summed E-state index contributed by atoms with van der Waals surface area (Å²) in [5.41, 5.74) is 8.21. The van der Waals surface area contributed by atoms with Gasteiger partial charge in [-0.15, -0.1) is 0 Å². The second kappa shape index (κ2) is 8.48. The van der Waals surface area contributed by atoms with Crippen molar-refractivity contribution >= 4 is 23.8 Å². The first kappa shape index (κ1) is 21.6. The minimum Gasteiger partial charge on any atom is -0.453 e. The Kier molecular flexibility index (Phi) is 7.65. The van der Waals surface area contributed by atoms with Gasteiger partial charge in [-0.25, -0.2) is 4.79 Å². The van der Waals surface area contributed by atoms with Crippen LogP contribution < -0.4 is 22.1 Å². The molecule has 0 radical (unpaired) electrons. The fourth-order valence-corrected chi connectivity index (χ4v) is 1.58. The lowest BCUT2D eigenvalue weighted by molar-refractivity contribution is -0.130. The molecule has 0 bridgehead atoms. The van der Waals surface area contributed by atoms with E-state index >= 15 is 0 Å². The number of rotatable bonds is 9. The average molecular weight is 345 g/mol. The number of nitrogens with one attached hydrogen (secondary N) is 2. The molecule has 0 fully saturated rings. The van der Waals surface area contributed by atoms with E-state index in [-0.39, 0.29) is 19.6 Å².